The average Bonchev–Trinajstić information content (AvgIpc) is 2.59. The van der Waals surface area contributed by atoms with Crippen LogP contribution in [0.5, 0.6) is 5.75 Å². The molecule has 0 aliphatic heterocycles. The Labute approximate surface area is 143 Å². The molecule has 3 rings (SSSR count). The Bertz CT molecular complexity index is 949. The highest BCUT2D eigenvalue weighted by Gasteiger charge is 2.08. The monoisotopic (exact) mass is 342 g/mol. The molecular formula is C18H15ClN2O3. The lowest BCUT2D eigenvalue weighted by atomic mass is 10.1. The molecule has 1 heterocycles. The number of halogens is 1. The number of nitrogens with one attached hydrogen (secondary N) is 2. The third-order valence-electron chi connectivity index (χ3n) is 3.68. The Morgan fingerprint density at radius 3 is 2.62 bits per heavy atom. The number of carbonyl (C=O) groups is 1. The lowest BCUT2D eigenvalue weighted by Gasteiger charge is -2.07. The summed E-state index contributed by atoms with van der Waals surface area (Å²) in [5, 5.41) is 4.17. The molecule has 1 aromatic heterocycles. The van der Waals surface area contributed by atoms with E-state index in [1.807, 2.05) is 12.1 Å². The summed E-state index contributed by atoms with van der Waals surface area (Å²) in [5.41, 5.74) is 1.41. The number of pyridine rings is 1. The zero-order chi connectivity index (χ0) is 17.1. The number of aromatic nitrogens is 1. The number of aromatic amines is 1. The Morgan fingerprint density at radius 2 is 1.92 bits per heavy atom. The molecule has 0 aliphatic carbocycles. The van der Waals surface area contributed by atoms with Crippen molar-refractivity contribution in [2.75, 3.05) is 7.11 Å². The van der Waals surface area contributed by atoms with Crippen molar-refractivity contribution in [2.24, 2.45) is 0 Å². The van der Waals surface area contributed by atoms with Crippen LogP contribution in [0.1, 0.15) is 15.9 Å². The molecule has 24 heavy (non-hydrogen) atoms. The average molecular weight is 343 g/mol. The first-order valence-electron chi connectivity index (χ1n) is 7.30. The zero-order valence-corrected chi connectivity index (χ0v) is 13.7. The van der Waals surface area contributed by atoms with Crippen LogP contribution in [0, 0.1) is 0 Å². The zero-order valence-electron chi connectivity index (χ0n) is 12.9. The summed E-state index contributed by atoms with van der Waals surface area (Å²) in [6, 6.07) is 13.7. The Kier molecular flexibility index (Phi) is 4.53. The number of ether oxygens (including phenoxy) is 1. The summed E-state index contributed by atoms with van der Waals surface area (Å²) in [5.74, 6) is 0.405. The van der Waals surface area contributed by atoms with Crippen LogP contribution in [0.2, 0.25) is 5.02 Å². The summed E-state index contributed by atoms with van der Waals surface area (Å²) in [6.45, 7) is 0.138. The van der Waals surface area contributed by atoms with E-state index < -0.39 is 0 Å². The van der Waals surface area contributed by atoms with Gasteiger partial charge in [-0.1, -0.05) is 11.6 Å². The number of amides is 1. The van der Waals surface area contributed by atoms with E-state index in [-0.39, 0.29) is 18.0 Å². The maximum atomic E-state index is 12.2. The molecule has 2 N–H and O–H groups in total. The molecule has 6 heteroatoms. The molecule has 0 unspecified atom stereocenters. The van der Waals surface area contributed by atoms with Crippen molar-refractivity contribution < 1.29 is 9.53 Å². The molecule has 5 nitrogen and oxygen atoms in total. The van der Waals surface area contributed by atoms with Gasteiger partial charge in [0.1, 0.15) is 5.75 Å². The standard InChI is InChI=1S/C18H15ClN2O3/c1-24-15-7-4-12-8-13(18(23)21-16(12)9-15)10-20-17(22)11-2-5-14(19)6-3-11/h2-9H,10H2,1H3,(H,20,22)(H,21,23). The minimum atomic E-state index is -0.263. The van der Waals surface area contributed by atoms with Gasteiger partial charge in [-0.05, 0) is 47.9 Å². The first-order valence-corrected chi connectivity index (χ1v) is 7.68. The maximum absolute atomic E-state index is 12.2. The van der Waals surface area contributed by atoms with Crippen LogP contribution >= 0.6 is 11.6 Å². The third kappa shape index (κ3) is 3.41. The lowest BCUT2D eigenvalue weighted by molar-refractivity contribution is 0.0951. The van der Waals surface area contributed by atoms with Gasteiger partial charge in [-0.3, -0.25) is 9.59 Å². The number of fused-ring (bicyclic) bond motifs is 1. The second kappa shape index (κ2) is 6.76. The van der Waals surface area contributed by atoms with Crippen LogP contribution in [-0.2, 0) is 6.54 Å². The van der Waals surface area contributed by atoms with Crippen molar-refractivity contribution in [1.82, 2.24) is 10.3 Å². The van der Waals surface area contributed by atoms with Gasteiger partial charge in [0.25, 0.3) is 11.5 Å². The fourth-order valence-electron chi connectivity index (χ4n) is 2.36. The van der Waals surface area contributed by atoms with E-state index >= 15 is 0 Å². The summed E-state index contributed by atoms with van der Waals surface area (Å²) < 4.78 is 5.14. The van der Waals surface area contributed by atoms with Gasteiger partial charge in [-0.25, -0.2) is 0 Å². The molecule has 1 amide bonds. The summed E-state index contributed by atoms with van der Waals surface area (Å²) in [7, 11) is 1.57. The minimum absolute atomic E-state index is 0.138. The van der Waals surface area contributed by atoms with Crippen LogP contribution in [-0.4, -0.2) is 18.0 Å². The lowest BCUT2D eigenvalue weighted by Crippen LogP contribution is -2.26. The van der Waals surface area contributed by atoms with Crippen molar-refractivity contribution in [3.63, 3.8) is 0 Å². The predicted molar refractivity (Wildman–Crippen MR) is 93.7 cm³/mol. The number of benzene rings is 2. The molecule has 0 aliphatic rings. The molecule has 122 valence electrons. The van der Waals surface area contributed by atoms with Gasteiger partial charge in [0.05, 0.1) is 12.6 Å². The van der Waals surface area contributed by atoms with Crippen LogP contribution < -0.4 is 15.6 Å². The van der Waals surface area contributed by atoms with Crippen LogP contribution in [0.4, 0.5) is 0 Å². The van der Waals surface area contributed by atoms with Crippen molar-refractivity contribution in [1.29, 1.82) is 0 Å². The van der Waals surface area contributed by atoms with E-state index in [0.29, 0.717) is 27.4 Å². The number of methoxy groups -OCH3 is 1. The van der Waals surface area contributed by atoms with Gasteiger partial charge in [-0.15, -0.1) is 0 Å². The Morgan fingerprint density at radius 1 is 1.17 bits per heavy atom. The van der Waals surface area contributed by atoms with Crippen LogP contribution in [0.25, 0.3) is 10.9 Å². The Balaban J connectivity index is 1.79. The van der Waals surface area contributed by atoms with E-state index in [1.54, 1.807) is 43.5 Å². The van der Waals surface area contributed by atoms with Gasteiger partial charge in [0, 0.05) is 28.8 Å². The van der Waals surface area contributed by atoms with Crippen molar-refractivity contribution in [3.8, 4) is 5.75 Å². The second-order valence-electron chi connectivity index (χ2n) is 5.27. The molecule has 0 bridgehead atoms. The number of rotatable bonds is 4. The van der Waals surface area contributed by atoms with Crippen molar-refractivity contribution >= 4 is 28.4 Å². The largest absolute Gasteiger partial charge is 0.497 e. The first-order chi connectivity index (χ1) is 11.6. The van der Waals surface area contributed by atoms with Gasteiger partial charge >= 0.3 is 0 Å². The second-order valence-corrected chi connectivity index (χ2v) is 5.70. The first kappa shape index (κ1) is 16.1. The van der Waals surface area contributed by atoms with E-state index in [2.05, 4.69) is 10.3 Å². The SMILES string of the molecule is COc1ccc2cc(CNC(=O)c3ccc(Cl)cc3)c(=O)[nH]c2c1. The normalized spacial score (nSPS) is 10.6. The van der Waals surface area contributed by atoms with E-state index in [1.165, 1.54) is 0 Å². The third-order valence-corrected chi connectivity index (χ3v) is 3.93. The number of H-pyrrole nitrogens is 1. The fourth-order valence-corrected chi connectivity index (χ4v) is 2.49. The Hall–Kier alpha value is -2.79. The number of hydrogen-bond donors (Lipinski definition) is 2. The van der Waals surface area contributed by atoms with E-state index in [4.69, 9.17) is 16.3 Å². The predicted octanol–water partition coefficient (Wildman–Crippen LogP) is 3.12. The van der Waals surface area contributed by atoms with Crippen molar-refractivity contribution in [3.05, 3.63) is 75.0 Å². The van der Waals surface area contributed by atoms with Gasteiger partial charge < -0.3 is 15.0 Å². The van der Waals surface area contributed by atoms with Crippen LogP contribution in [0.15, 0.2) is 53.3 Å². The maximum Gasteiger partial charge on any atom is 0.253 e. The minimum Gasteiger partial charge on any atom is -0.497 e. The summed E-state index contributed by atoms with van der Waals surface area (Å²) in [6.07, 6.45) is 0. The molecule has 0 fully saturated rings. The van der Waals surface area contributed by atoms with Crippen molar-refractivity contribution in [2.45, 2.75) is 6.54 Å². The highest BCUT2D eigenvalue weighted by atomic mass is 35.5. The molecule has 0 saturated heterocycles. The van der Waals surface area contributed by atoms with Gasteiger partial charge in [0.2, 0.25) is 0 Å². The number of carbonyl (C=O) groups excluding carboxylic acids is 1. The summed E-state index contributed by atoms with van der Waals surface area (Å²) in [4.78, 5) is 27.1. The van der Waals surface area contributed by atoms with E-state index in [9.17, 15) is 9.59 Å². The van der Waals surface area contributed by atoms with E-state index in [0.717, 1.165) is 5.39 Å². The highest BCUT2D eigenvalue weighted by Crippen LogP contribution is 2.18. The fraction of sp³-hybridized carbons (Fsp3) is 0.111. The molecule has 0 radical (unpaired) electrons. The molecule has 2 aromatic carbocycles. The smallest absolute Gasteiger partial charge is 0.253 e. The molecule has 3 aromatic rings. The molecular weight excluding hydrogens is 328 g/mol. The topological polar surface area (TPSA) is 71.2 Å². The quantitative estimate of drug-likeness (QED) is 0.765. The molecule has 0 atom stereocenters. The summed E-state index contributed by atoms with van der Waals surface area (Å²) >= 11 is 5.80. The van der Waals surface area contributed by atoms with Crippen LogP contribution in [0.3, 0.4) is 0 Å². The van der Waals surface area contributed by atoms with Gasteiger partial charge in [-0.2, -0.15) is 0 Å². The highest BCUT2D eigenvalue weighted by molar-refractivity contribution is 6.30. The van der Waals surface area contributed by atoms with Gasteiger partial charge in [0.15, 0.2) is 0 Å². The number of hydrogen-bond acceptors (Lipinski definition) is 3. The molecule has 0 saturated carbocycles. The molecule has 0 spiro atoms.